The lowest BCUT2D eigenvalue weighted by atomic mass is 10.2. The maximum Gasteiger partial charge on any atom is 0.261 e. The van der Waals surface area contributed by atoms with Crippen LogP contribution in [-0.4, -0.2) is 60.0 Å². The van der Waals surface area contributed by atoms with Crippen LogP contribution >= 0.6 is 0 Å². The molecule has 0 saturated carbocycles. The van der Waals surface area contributed by atoms with E-state index in [2.05, 4.69) is 10.0 Å². The molecule has 4 rings (SSSR count). The van der Waals surface area contributed by atoms with E-state index >= 15 is 0 Å². The molecule has 1 amide bonds. The summed E-state index contributed by atoms with van der Waals surface area (Å²) in [5.41, 5.74) is 2.13. The number of morpholine rings is 1. The van der Waals surface area contributed by atoms with Crippen LogP contribution in [-0.2, 0) is 36.1 Å². The number of sulfonamides is 2. The van der Waals surface area contributed by atoms with Gasteiger partial charge in [0.25, 0.3) is 15.9 Å². The van der Waals surface area contributed by atoms with Crippen molar-refractivity contribution in [1.29, 1.82) is 0 Å². The van der Waals surface area contributed by atoms with Gasteiger partial charge in [0.15, 0.2) is 6.61 Å². The van der Waals surface area contributed by atoms with Gasteiger partial charge in [-0.05, 0) is 66.6 Å². The molecule has 0 radical (unpaired) electrons. The van der Waals surface area contributed by atoms with Crippen molar-refractivity contribution in [2.75, 3.05) is 37.6 Å². The van der Waals surface area contributed by atoms with E-state index in [1.807, 2.05) is 13.0 Å². The van der Waals surface area contributed by atoms with Crippen molar-refractivity contribution in [2.45, 2.75) is 23.3 Å². The van der Waals surface area contributed by atoms with Crippen molar-refractivity contribution in [3.8, 4) is 5.75 Å². The number of amides is 1. The number of ether oxygens (including phenoxy) is 2. The second-order valence-electron chi connectivity index (χ2n) is 8.67. The zero-order valence-electron chi connectivity index (χ0n) is 20.8. The summed E-state index contributed by atoms with van der Waals surface area (Å²) in [6.45, 7) is 3.20. The number of rotatable bonds is 10. The fraction of sp³-hybridized carbons (Fsp3) is 0.269. The lowest BCUT2D eigenvalue weighted by Crippen LogP contribution is -2.40. The summed E-state index contributed by atoms with van der Waals surface area (Å²) in [6, 6.07) is 19.1. The van der Waals surface area contributed by atoms with E-state index in [9.17, 15) is 21.6 Å². The SMILES string of the molecule is Cc1cccc(NS(=O)(=O)c2ccc(OCC(=O)NCc3ccc(S(=O)(=O)N4CCOCC4)cc3)cc2)c1. The molecule has 1 fully saturated rings. The van der Waals surface area contributed by atoms with Crippen molar-refractivity contribution in [3.63, 3.8) is 0 Å². The van der Waals surface area contributed by atoms with E-state index in [-0.39, 0.29) is 28.8 Å². The number of hydrogen-bond donors (Lipinski definition) is 2. The molecule has 1 aliphatic heterocycles. The lowest BCUT2D eigenvalue weighted by molar-refractivity contribution is -0.123. The zero-order valence-corrected chi connectivity index (χ0v) is 22.4. The molecule has 38 heavy (non-hydrogen) atoms. The Bertz CT molecular complexity index is 1470. The Hall–Kier alpha value is -3.45. The summed E-state index contributed by atoms with van der Waals surface area (Å²) < 4.78 is 65.2. The number of carbonyl (C=O) groups excluding carboxylic acids is 1. The Kier molecular flexibility index (Phi) is 8.67. The quantitative estimate of drug-likeness (QED) is 0.390. The Morgan fingerprint density at radius 1 is 0.921 bits per heavy atom. The van der Waals surface area contributed by atoms with E-state index < -0.39 is 20.0 Å². The van der Waals surface area contributed by atoms with Gasteiger partial charge in [0.05, 0.1) is 23.0 Å². The second kappa shape index (κ2) is 11.9. The summed E-state index contributed by atoms with van der Waals surface area (Å²) in [4.78, 5) is 12.5. The monoisotopic (exact) mass is 559 g/mol. The van der Waals surface area contributed by atoms with Crippen molar-refractivity contribution < 1.29 is 31.1 Å². The van der Waals surface area contributed by atoms with Gasteiger partial charge in [-0.1, -0.05) is 24.3 Å². The first kappa shape index (κ1) is 27.6. The van der Waals surface area contributed by atoms with E-state index in [1.165, 1.54) is 40.7 Å². The molecule has 0 aromatic heterocycles. The average molecular weight is 560 g/mol. The van der Waals surface area contributed by atoms with Gasteiger partial charge in [-0.2, -0.15) is 4.31 Å². The number of nitrogens with zero attached hydrogens (tertiary/aromatic N) is 1. The molecule has 1 saturated heterocycles. The summed E-state index contributed by atoms with van der Waals surface area (Å²) in [5.74, 6) is -0.0415. The molecule has 0 atom stereocenters. The number of benzene rings is 3. The van der Waals surface area contributed by atoms with Gasteiger partial charge < -0.3 is 14.8 Å². The number of hydrogen-bond acceptors (Lipinski definition) is 7. The average Bonchev–Trinajstić information content (AvgIpc) is 2.91. The minimum Gasteiger partial charge on any atom is -0.484 e. The fourth-order valence-electron chi connectivity index (χ4n) is 3.75. The van der Waals surface area contributed by atoms with E-state index in [4.69, 9.17) is 9.47 Å². The van der Waals surface area contributed by atoms with Crippen LogP contribution in [0.4, 0.5) is 5.69 Å². The predicted octanol–water partition coefficient (Wildman–Crippen LogP) is 2.51. The maximum absolute atomic E-state index is 12.7. The predicted molar refractivity (Wildman–Crippen MR) is 142 cm³/mol. The molecule has 202 valence electrons. The Labute approximate surface area is 222 Å². The Morgan fingerprint density at radius 3 is 2.24 bits per heavy atom. The highest BCUT2D eigenvalue weighted by atomic mass is 32.2. The molecule has 12 heteroatoms. The van der Waals surface area contributed by atoms with E-state index in [0.29, 0.717) is 37.7 Å². The van der Waals surface area contributed by atoms with Gasteiger partial charge in [-0.3, -0.25) is 9.52 Å². The number of aryl methyl sites for hydroxylation is 1. The second-order valence-corrected chi connectivity index (χ2v) is 12.3. The fourth-order valence-corrected chi connectivity index (χ4v) is 6.21. The van der Waals surface area contributed by atoms with Crippen LogP contribution < -0.4 is 14.8 Å². The smallest absolute Gasteiger partial charge is 0.261 e. The largest absolute Gasteiger partial charge is 0.484 e. The molecular weight excluding hydrogens is 530 g/mol. The van der Waals surface area contributed by atoms with Gasteiger partial charge in [0.1, 0.15) is 5.75 Å². The van der Waals surface area contributed by atoms with Crippen LogP contribution in [0.1, 0.15) is 11.1 Å². The third kappa shape index (κ3) is 7.10. The van der Waals surface area contributed by atoms with Crippen LogP contribution in [0.15, 0.2) is 82.6 Å². The number of anilines is 1. The number of carbonyl (C=O) groups is 1. The standard InChI is InChI=1S/C26H29N3O7S2/c1-20-3-2-4-22(17-20)28-37(31,32)24-11-7-23(8-12-24)36-19-26(30)27-18-21-5-9-25(10-6-21)38(33,34)29-13-15-35-16-14-29/h2-12,17,28H,13-16,18-19H2,1H3,(H,27,30). The molecule has 0 spiro atoms. The molecular formula is C26H29N3O7S2. The van der Waals surface area contributed by atoms with Crippen molar-refractivity contribution in [3.05, 3.63) is 83.9 Å². The normalized spacial score (nSPS) is 14.6. The van der Waals surface area contributed by atoms with Crippen molar-refractivity contribution in [2.24, 2.45) is 0 Å². The highest BCUT2D eigenvalue weighted by Crippen LogP contribution is 2.20. The topological polar surface area (TPSA) is 131 Å². The molecule has 10 nitrogen and oxygen atoms in total. The van der Waals surface area contributed by atoms with Crippen LogP contribution in [0, 0.1) is 6.92 Å². The van der Waals surface area contributed by atoms with Crippen molar-refractivity contribution >= 4 is 31.6 Å². The number of nitrogens with one attached hydrogen (secondary N) is 2. The molecule has 1 aliphatic rings. The summed E-state index contributed by atoms with van der Waals surface area (Å²) >= 11 is 0. The van der Waals surface area contributed by atoms with Gasteiger partial charge in [0, 0.05) is 25.3 Å². The molecule has 0 unspecified atom stereocenters. The van der Waals surface area contributed by atoms with E-state index in [0.717, 1.165) is 11.1 Å². The van der Waals surface area contributed by atoms with E-state index in [1.54, 1.807) is 30.3 Å². The first-order valence-corrected chi connectivity index (χ1v) is 14.8. The Balaban J connectivity index is 1.25. The highest BCUT2D eigenvalue weighted by Gasteiger charge is 2.26. The third-order valence-corrected chi connectivity index (χ3v) is 9.11. The third-order valence-electron chi connectivity index (χ3n) is 5.80. The molecule has 1 heterocycles. The first-order chi connectivity index (χ1) is 18.1. The summed E-state index contributed by atoms with van der Waals surface area (Å²) in [7, 11) is -7.34. The minimum atomic E-state index is -3.77. The van der Waals surface area contributed by atoms with Crippen molar-refractivity contribution in [1.82, 2.24) is 9.62 Å². The van der Waals surface area contributed by atoms with Gasteiger partial charge in [-0.25, -0.2) is 16.8 Å². The summed E-state index contributed by atoms with van der Waals surface area (Å²) in [6.07, 6.45) is 0. The molecule has 0 bridgehead atoms. The maximum atomic E-state index is 12.7. The van der Waals surface area contributed by atoms with Crippen LogP contribution in [0.3, 0.4) is 0 Å². The lowest BCUT2D eigenvalue weighted by Gasteiger charge is -2.26. The molecule has 0 aliphatic carbocycles. The van der Waals surface area contributed by atoms with Crippen LogP contribution in [0.2, 0.25) is 0 Å². The summed E-state index contributed by atoms with van der Waals surface area (Å²) in [5, 5.41) is 2.71. The molecule has 3 aromatic carbocycles. The van der Waals surface area contributed by atoms with Gasteiger partial charge in [0.2, 0.25) is 10.0 Å². The highest BCUT2D eigenvalue weighted by molar-refractivity contribution is 7.92. The minimum absolute atomic E-state index is 0.0647. The van der Waals surface area contributed by atoms with Gasteiger partial charge >= 0.3 is 0 Å². The Morgan fingerprint density at radius 2 is 1.58 bits per heavy atom. The van der Waals surface area contributed by atoms with Crippen LogP contribution in [0.25, 0.3) is 0 Å². The van der Waals surface area contributed by atoms with Crippen LogP contribution in [0.5, 0.6) is 5.75 Å². The zero-order chi connectivity index (χ0) is 27.2. The first-order valence-electron chi connectivity index (χ1n) is 11.9. The molecule has 3 aromatic rings. The van der Waals surface area contributed by atoms with Gasteiger partial charge in [-0.15, -0.1) is 0 Å². The molecule has 2 N–H and O–H groups in total.